The van der Waals surface area contributed by atoms with Crippen molar-refractivity contribution >= 4 is 27.5 Å². The molecule has 9 heteroatoms. The van der Waals surface area contributed by atoms with E-state index in [4.69, 9.17) is 11.6 Å². The monoisotopic (exact) mass is 418 g/mol. The normalized spacial score (nSPS) is 27.3. The highest BCUT2D eigenvalue weighted by atomic mass is 35.5. The zero-order valence-electron chi connectivity index (χ0n) is 14.9. The van der Waals surface area contributed by atoms with Crippen molar-refractivity contribution in [2.24, 2.45) is 5.92 Å². The molecule has 27 heavy (non-hydrogen) atoms. The molecule has 0 spiro atoms. The van der Waals surface area contributed by atoms with Gasteiger partial charge in [-0.2, -0.15) is 4.31 Å². The largest absolute Gasteiger partial charge is 0.393 e. The van der Waals surface area contributed by atoms with Crippen molar-refractivity contribution in [2.45, 2.75) is 55.6 Å². The fourth-order valence-electron chi connectivity index (χ4n) is 3.80. The highest BCUT2D eigenvalue weighted by molar-refractivity contribution is 7.89. The molecule has 2 aliphatic rings. The van der Waals surface area contributed by atoms with E-state index in [1.165, 1.54) is 6.07 Å². The lowest BCUT2D eigenvalue weighted by Crippen LogP contribution is -2.48. The van der Waals surface area contributed by atoms with Gasteiger partial charge in [-0.1, -0.05) is 11.6 Å². The molecule has 2 N–H and O–H groups in total. The Hall–Kier alpha value is -1.22. The quantitative estimate of drug-likeness (QED) is 0.785. The Morgan fingerprint density at radius 1 is 1.26 bits per heavy atom. The number of sulfonamides is 1. The summed E-state index contributed by atoms with van der Waals surface area (Å²) >= 11 is 5.83. The van der Waals surface area contributed by atoms with Crippen molar-refractivity contribution < 1.29 is 22.7 Å². The summed E-state index contributed by atoms with van der Waals surface area (Å²) < 4.78 is 40.9. The third-order valence-electron chi connectivity index (χ3n) is 5.26. The van der Waals surface area contributed by atoms with Crippen LogP contribution in [0, 0.1) is 11.7 Å². The third-order valence-corrected chi connectivity index (χ3v) is 7.37. The molecule has 0 bridgehead atoms. The van der Waals surface area contributed by atoms with Crippen LogP contribution in [-0.2, 0) is 14.8 Å². The number of nitrogens with one attached hydrogen (secondary N) is 1. The van der Waals surface area contributed by atoms with E-state index >= 15 is 0 Å². The highest BCUT2D eigenvalue weighted by Crippen LogP contribution is 2.28. The Morgan fingerprint density at radius 3 is 2.78 bits per heavy atom. The molecule has 2 fully saturated rings. The molecule has 1 saturated heterocycles. The summed E-state index contributed by atoms with van der Waals surface area (Å²) in [6.45, 7) is 0.246. The zero-order valence-corrected chi connectivity index (χ0v) is 16.5. The minimum absolute atomic E-state index is 0.00932. The molecule has 1 aliphatic carbocycles. The molecule has 3 rings (SSSR count). The number of carbonyl (C=O) groups is 1. The fraction of sp³-hybridized carbons (Fsp3) is 0.611. The highest BCUT2D eigenvalue weighted by Gasteiger charge is 2.35. The summed E-state index contributed by atoms with van der Waals surface area (Å²) in [6.07, 6.45) is 3.62. The molecule has 1 aliphatic heterocycles. The van der Waals surface area contributed by atoms with Crippen LogP contribution in [0.1, 0.15) is 38.5 Å². The summed E-state index contributed by atoms with van der Waals surface area (Å²) in [5.74, 6) is -1.56. The van der Waals surface area contributed by atoms with Gasteiger partial charge in [-0.3, -0.25) is 4.79 Å². The maximum atomic E-state index is 14.1. The van der Waals surface area contributed by atoms with E-state index in [2.05, 4.69) is 5.32 Å². The van der Waals surface area contributed by atoms with Gasteiger partial charge in [0.15, 0.2) is 0 Å². The molecule has 6 nitrogen and oxygen atoms in total. The van der Waals surface area contributed by atoms with E-state index in [1.54, 1.807) is 0 Å². The number of halogens is 2. The van der Waals surface area contributed by atoms with Crippen LogP contribution < -0.4 is 5.32 Å². The van der Waals surface area contributed by atoms with E-state index in [9.17, 15) is 22.7 Å². The molecule has 0 radical (unpaired) electrons. The Morgan fingerprint density at radius 2 is 2.04 bits per heavy atom. The van der Waals surface area contributed by atoms with Crippen LogP contribution in [0.15, 0.2) is 23.1 Å². The summed E-state index contributed by atoms with van der Waals surface area (Å²) in [5.41, 5.74) is 0. The maximum Gasteiger partial charge on any atom is 0.246 e. The van der Waals surface area contributed by atoms with Crippen LogP contribution in [0.2, 0.25) is 5.02 Å². The van der Waals surface area contributed by atoms with Gasteiger partial charge >= 0.3 is 0 Å². The first-order chi connectivity index (χ1) is 12.8. The Bertz CT molecular complexity index is 805. The van der Waals surface area contributed by atoms with E-state index in [0.29, 0.717) is 19.3 Å². The van der Waals surface area contributed by atoms with Gasteiger partial charge in [0.1, 0.15) is 10.7 Å². The molecule has 2 unspecified atom stereocenters. The molecule has 1 amide bonds. The van der Waals surface area contributed by atoms with Crippen molar-refractivity contribution in [3.8, 4) is 0 Å². The van der Waals surface area contributed by atoms with Crippen LogP contribution in [0.25, 0.3) is 0 Å². The molecule has 1 saturated carbocycles. The van der Waals surface area contributed by atoms with Gasteiger partial charge in [0.2, 0.25) is 15.9 Å². The number of carbonyl (C=O) groups excluding carboxylic acids is 1. The Balaban J connectivity index is 1.69. The number of aliphatic hydroxyl groups is 1. The Kier molecular flexibility index (Phi) is 6.40. The summed E-state index contributed by atoms with van der Waals surface area (Å²) in [4.78, 5) is 12.1. The molecule has 3 atom stereocenters. The van der Waals surface area contributed by atoms with Crippen molar-refractivity contribution in [2.75, 3.05) is 13.1 Å². The number of aliphatic hydroxyl groups excluding tert-OH is 1. The SMILES string of the molecule is O=C(NC1CCCC(O)C1)[C@H]1CCCN(S(=O)(=O)c2cc(Cl)ccc2F)C1. The summed E-state index contributed by atoms with van der Waals surface area (Å²) in [6, 6.07) is 3.33. The van der Waals surface area contributed by atoms with Crippen molar-refractivity contribution in [1.82, 2.24) is 9.62 Å². The van der Waals surface area contributed by atoms with Crippen molar-refractivity contribution in [1.29, 1.82) is 0 Å². The smallest absolute Gasteiger partial charge is 0.246 e. The van der Waals surface area contributed by atoms with Crippen LogP contribution in [-0.4, -0.2) is 49.0 Å². The first-order valence-corrected chi connectivity index (χ1v) is 11.0. The van der Waals surface area contributed by atoms with E-state index < -0.39 is 32.8 Å². The molecule has 150 valence electrons. The van der Waals surface area contributed by atoms with E-state index in [-0.39, 0.29) is 30.1 Å². The number of piperidine rings is 1. The van der Waals surface area contributed by atoms with Crippen LogP contribution in [0.4, 0.5) is 4.39 Å². The average molecular weight is 419 g/mol. The number of hydrogen-bond acceptors (Lipinski definition) is 4. The van der Waals surface area contributed by atoms with Gasteiger partial charge in [-0.15, -0.1) is 0 Å². The molecular formula is C18H24ClFN2O4S. The van der Waals surface area contributed by atoms with E-state index in [0.717, 1.165) is 35.7 Å². The molecule has 1 aromatic rings. The Labute approximate surface area is 163 Å². The fourth-order valence-corrected chi connectivity index (χ4v) is 5.65. The van der Waals surface area contributed by atoms with Gasteiger partial charge in [-0.05, 0) is 56.7 Å². The minimum Gasteiger partial charge on any atom is -0.393 e. The maximum absolute atomic E-state index is 14.1. The van der Waals surface area contributed by atoms with Crippen molar-refractivity contribution in [3.05, 3.63) is 29.0 Å². The number of nitrogens with zero attached hydrogens (tertiary/aromatic N) is 1. The summed E-state index contributed by atoms with van der Waals surface area (Å²) in [7, 11) is -4.07. The first kappa shape index (κ1) is 20.5. The zero-order chi connectivity index (χ0) is 19.6. The number of amides is 1. The lowest BCUT2D eigenvalue weighted by atomic mass is 9.91. The van der Waals surface area contributed by atoms with Gasteiger partial charge in [0.25, 0.3) is 0 Å². The standard InChI is InChI=1S/C18H24ClFN2O4S/c19-13-6-7-16(20)17(9-13)27(25,26)22-8-2-3-12(11-22)18(24)21-14-4-1-5-15(23)10-14/h6-7,9,12,14-15,23H,1-5,8,10-11H2,(H,21,24)/t12-,14?,15?/m0/s1. The van der Waals surface area contributed by atoms with E-state index in [1.807, 2.05) is 0 Å². The van der Waals surface area contributed by atoms with Crippen molar-refractivity contribution in [3.63, 3.8) is 0 Å². The van der Waals surface area contributed by atoms with Gasteiger partial charge in [0, 0.05) is 24.2 Å². The second kappa shape index (κ2) is 8.43. The lowest BCUT2D eigenvalue weighted by Gasteiger charge is -2.33. The predicted molar refractivity (Wildman–Crippen MR) is 99.3 cm³/mol. The van der Waals surface area contributed by atoms with Crippen LogP contribution >= 0.6 is 11.6 Å². The second-order valence-electron chi connectivity index (χ2n) is 7.30. The third kappa shape index (κ3) is 4.80. The molecular weight excluding hydrogens is 395 g/mol. The molecule has 0 aromatic heterocycles. The first-order valence-electron chi connectivity index (χ1n) is 9.21. The summed E-state index contributed by atoms with van der Waals surface area (Å²) in [5, 5.41) is 12.8. The lowest BCUT2D eigenvalue weighted by molar-refractivity contribution is -0.127. The second-order valence-corrected chi connectivity index (χ2v) is 9.65. The van der Waals surface area contributed by atoms with Crippen LogP contribution in [0.3, 0.4) is 0 Å². The number of hydrogen-bond donors (Lipinski definition) is 2. The predicted octanol–water partition coefficient (Wildman–Crippen LogP) is 2.30. The van der Waals surface area contributed by atoms with Crippen LogP contribution in [0.5, 0.6) is 0 Å². The average Bonchev–Trinajstić information content (AvgIpc) is 2.63. The topological polar surface area (TPSA) is 86.7 Å². The molecule has 1 aromatic carbocycles. The van der Waals surface area contributed by atoms with Gasteiger partial charge in [0.05, 0.1) is 12.0 Å². The number of rotatable bonds is 4. The van der Waals surface area contributed by atoms with Gasteiger partial charge in [-0.25, -0.2) is 12.8 Å². The van der Waals surface area contributed by atoms with Gasteiger partial charge < -0.3 is 10.4 Å². The number of benzene rings is 1. The molecule has 1 heterocycles. The minimum atomic E-state index is -4.07.